The summed E-state index contributed by atoms with van der Waals surface area (Å²) >= 11 is 1.00. The molecule has 2 N–H and O–H groups in total. The van der Waals surface area contributed by atoms with Gasteiger partial charge in [-0.1, -0.05) is 12.1 Å². The van der Waals surface area contributed by atoms with Crippen LogP contribution in [0, 0.1) is 6.92 Å². The van der Waals surface area contributed by atoms with Crippen molar-refractivity contribution in [3.8, 4) is 5.75 Å². The first-order valence-corrected chi connectivity index (χ1v) is 7.54. The minimum atomic E-state index is -1.02. The van der Waals surface area contributed by atoms with Crippen molar-refractivity contribution in [1.82, 2.24) is 15.2 Å². The van der Waals surface area contributed by atoms with Gasteiger partial charge in [-0.05, 0) is 56.3 Å². The molecule has 22 heavy (non-hydrogen) atoms. The lowest BCUT2D eigenvalue weighted by Crippen LogP contribution is -2.05. The van der Waals surface area contributed by atoms with Crippen LogP contribution in [-0.4, -0.2) is 32.4 Å². The van der Waals surface area contributed by atoms with Crippen LogP contribution >= 0.6 is 11.8 Å². The van der Waals surface area contributed by atoms with Crippen molar-refractivity contribution in [2.75, 3.05) is 0 Å². The molecule has 2 aromatic rings. The summed E-state index contributed by atoms with van der Waals surface area (Å²) < 4.78 is 5.55. The third-order valence-corrected chi connectivity index (χ3v) is 3.42. The van der Waals surface area contributed by atoms with Gasteiger partial charge in [0.1, 0.15) is 16.5 Å². The molecular formula is C15H17N3O3S. The Morgan fingerprint density at radius 3 is 2.55 bits per heavy atom. The van der Waals surface area contributed by atoms with Crippen LogP contribution < -0.4 is 4.74 Å². The maximum atomic E-state index is 11.3. The van der Waals surface area contributed by atoms with Gasteiger partial charge in [0, 0.05) is 0 Å². The van der Waals surface area contributed by atoms with Gasteiger partial charge in [-0.15, -0.1) is 5.10 Å². The molecule has 7 heteroatoms. The number of aliphatic carboxylic acids is 1. The van der Waals surface area contributed by atoms with E-state index in [2.05, 4.69) is 15.2 Å². The molecule has 0 saturated carbocycles. The topological polar surface area (TPSA) is 88.1 Å². The fourth-order valence-electron chi connectivity index (χ4n) is 1.67. The zero-order valence-electron chi connectivity index (χ0n) is 12.5. The highest BCUT2D eigenvalue weighted by Crippen LogP contribution is 2.26. The molecule has 0 atom stereocenters. The molecule has 116 valence electrons. The number of hydrogen-bond acceptors (Lipinski definition) is 5. The molecule has 0 aliphatic heterocycles. The summed E-state index contributed by atoms with van der Waals surface area (Å²) in [5.74, 6) is 0.374. The predicted molar refractivity (Wildman–Crippen MR) is 84.8 cm³/mol. The molecule has 0 saturated heterocycles. The Morgan fingerprint density at radius 2 is 2.05 bits per heavy atom. The number of rotatable bonds is 6. The van der Waals surface area contributed by atoms with Crippen LogP contribution in [0.4, 0.5) is 0 Å². The molecule has 6 nitrogen and oxygen atoms in total. The first kappa shape index (κ1) is 16.1. The third-order valence-electron chi connectivity index (χ3n) is 2.54. The van der Waals surface area contributed by atoms with Gasteiger partial charge in [-0.3, -0.25) is 5.10 Å². The molecule has 0 spiro atoms. The lowest BCUT2D eigenvalue weighted by atomic mass is 10.2. The Hall–Kier alpha value is -2.28. The monoisotopic (exact) mass is 319 g/mol. The standard InChI is InChI=1S/C15H17N3O3S/c1-9(2)21-12-6-4-11(5-7-12)8-13(14(19)20)22-15-16-10(3)17-18-15/h4-9H,1-3H3,(H,19,20)(H,16,17,18)/b13-8-. The van der Waals surface area contributed by atoms with Crippen molar-refractivity contribution in [2.45, 2.75) is 32.0 Å². The van der Waals surface area contributed by atoms with Crippen molar-refractivity contribution in [2.24, 2.45) is 0 Å². The summed E-state index contributed by atoms with van der Waals surface area (Å²) in [5.41, 5.74) is 0.772. The number of hydrogen-bond donors (Lipinski definition) is 2. The number of ether oxygens (including phenoxy) is 1. The second kappa shape index (κ2) is 7.13. The van der Waals surface area contributed by atoms with Gasteiger partial charge in [-0.2, -0.15) is 0 Å². The largest absolute Gasteiger partial charge is 0.491 e. The maximum absolute atomic E-state index is 11.3. The number of aromatic nitrogens is 3. The molecule has 0 fully saturated rings. The second-order valence-electron chi connectivity index (χ2n) is 4.85. The number of carbonyl (C=O) groups is 1. The minimum Gasteiger partial charge on any atom is -0.491 e. The summed E-state index contributed by atoms with van der Waals surface area (Å²) in [6, 6.07) is 7.24. The Labute approximate surface area is 132 Å². The van der Waals surface area contributed by atoms with E-state index < -0.39 is 5.97 Å². The van der Waals surface area contributed by atoms with Gasteiger partial charge >= 0.3 is 5.97 Å². The normalized spacial score (nSPS) is 11.7. The van der Waals surface area contributed by atoms with Gasteiger partial charge in [0.2, 0.25) is 5.16 Å². The van der Waals surface area contributed by atoms with Crippen molar-refractivity contribution in [1.29, 1.82) is 0 Å². The van der Waals surface area contributed by atoms with Crippen LogP contribution in [0.3, 0.4) is 0 Å². The molecule has 0 radical (unpaired) electrons. The van der Waals surface area contributed by atoms with Crippen LogP contribution in [0.2, 0.25) is 0 Å². The average Bonchev–Trinajstić information content (AvgIpc) is 2.85. The summed E-state index contributed by atoms with van der Waals surface area (Å²) in [5, 5.41) is 16.3. The summed E-state index contributed by atoms with van der Waals surface area (Å²) in [6.45, 7) is 5.66. The van der Waals surface area contributed by atoms with E-state index in [1.807, 2.05) is 38.1 Å². The predicted octanol–water partition coefficient (Wildman–Crippen LogP) is 3.12. The van der Waals surface area contributed by atoms with E-state index in [1.54, 1.807) is 13.0 Å². The highest BCUT2D eigenvalue weighted by atomic mass is 32.2. The number of nitrogens with zero attached hydrogens (tertiary/aromatic N) is 2. The van der Waals surface area contributed by atoms with Crippen molar-refractivity contribution >= 4 is 23.8 Å². The summed E-state index contributed by atoms with van der Waals surface area (Å²) in [7, 11) is 0. The highest BCUT2D eigenvalue weighted by Gasteiger charge is 2.13. The lowest BCUT2D eigenvalue weighted by Gasteiger charge is -2.09. The number of nitrogens with one attached hydrogen (secondary N) is 1. The number of thioether (sulfide) groups is 1. The van der Waals surface area contributed by atoms with Crippen LogP contribution in [0.15, 0.2) is 34.3 Å². The Bertz CT molecular complexity index is 678. The number of benzene rings is 1. The van der Waals surface area contributed by atoms with Crippen molar-refractivity contribution < 1.29 is 14.6 Å². The number of carboxylic acid groups (broad SMARTS) is 1. The molecule has 1 aromatic carbocycles. The zero-order chi connectivity index (χ0) is 16.1. The van der Waals surface area contributed by atoms with Crippen LogP contribution in [0.5, 0.6) is 5.75 Å². The van der Waals surface area contributed by atoms with Gasteiger partial charge in [0.05, 0.1) is 6.10 Å². The SMILES string of the molecule is Cc1nc(S/C(=C\c2ccc(OC(C)C)cc2)C(=O)O)n[nH]1. The number of carboxylic acids is 1. The van der Waals surface area contributed by atoms with Crippen molar-refractivity contribution in [3.05, 3.63) is 40.6 Å². The fraction of sp³-hybridized carbons (Fsp3) is 0.267. The zero-order valence-corrected chi connectivity index (χ0v) is 13.3. The first-order chi connectivity index (χ1) is 10.4. The molecule has 0 aliphatic carbocycles. The van der Waals surface area contributed by atoms with E-state index in [1.165, 1.54) is 0 Å². The highest BCUT2D eigenvalue weighted by molar-refractivity contribution is 8.04. The average molecular weight is 319 g/mol. The summed E-state index contributed by atoms with van der Waals surface area (Å²) in [6.07, 6.45) is 1.68. The molecule has 0 bridgehead atoms. The van der Waals surface area contributed by atoms with E-state index in [4.69, 9.17) is 4.74 Å². The van der Waals surface area contributed by atoms with Gasteiger partial charge < -0.3 is 9.84 Å². The maximum Gasteiger partial charge on any atom is 0.342 e. The van der Waals surface area contributed by atoms with Gasteiger partial charge in [0.15, 0.2) is 0 Å². The number of aromatic amines is 1. The van der Waals surface area contributed by atoms with E-state index in [-0.39, 0.29) is 11.0 Å². The minimum absolute atomic E-state index is 0.0977. The first-order valence-electron chi connectivity index (χ1n) is 6.72. The number of H-pyrrole nitrogens is 1. The van der Waals surface area contributed by atoms with Crippen LogP contribution in [0.25, 0.3) is 6.08 Å². The smallest absolute Gasteiger partial charge is 0.342 e. The molecule has 0 unspecified atom stereocenters. The Kier molecular flexibility index (Phi) is 5.21. The molecule has 1 heterocycles. The number of aryl methyl sites for hydroxylation is 1. The quantitative estimate of drug-likeness (QED) is 0.628. The van der Waals surface area contributed by atoms with E-state index in [9.17, 15) is 9.90 Å². The Balaban J connectivity index is 2.17. The molecule has 1 aromatic heterocycles. The van der Waals surface area contributed by atoms with Gasteiger partial charge in [-0.25, -0.2) is 9.78 Å². The second-order valence-corrected chi connectivity index (χ2v) is 5.86. The fourth-order valence-corrected chi connectivity index (χ4v) is 2.42. The van der Waals surface area contributed by atoms with E-state index >= 15 is 0 Å². The molecular weight excluding hydrogens is 302 g/mol. The molecule has 0 aliphatic rings. The lowest BCUT2D eigenvalue weighted by molar-refractivity contribution is -0.131. The van der Waals surface area contributed by atoms with Crippen LogP contribution in [0.1, 0.15) is 25.2 Å². The van der Waals surface area contributed by atoms with E-state index in [0.29, 0.717) is 11.0 Å². The Morgan fingerprint density at radius 1 is 1.36 bits per heavy atom. The molecule has 0 amide bonds. The van der Waals surface area contributed by atoms with Crippen molar-refractivity contribution in [3.63, 3.8) is 0 Å². The summed E-state index contributed by atoms with van der Waals surface area (Å²) in [4.78, 5) is 15.6. The van der Waals surface area contributed by atoms with Crippen LogP contribution in [-0.2, 0) is 4.79 Å². The van der Waals surface area contributed by atoms with Gasteiger partial charge in [0.25, 0.3) is 0 Å². The molecule has 2 rings (SSSR count). The van der Waals surface area contributed by atoms with E-state index in [0.717, 1.165) is 23.1 Å². The third kappa shape index (κ3) is 4.63.